The van der Waals surface area contributed by atoms with Crippen LogP contribution in [0.25, 0.3) is 0 Å². The standard InChI is InChI=1S/C6H16N2O3S2.ClH/c1-6(8-4-2-3-7)5-11-13(9,10)12;/h6,8H,2-5,7H2,1H3,(H,9,10,12);1H/t6-;/m0./s1. The van der Waals surface area contributed by atoms with E-state index in [4.69, 9.17) is 10.3 Å². The van der Waals surface area contributed by atoms with Gasteiger partial charge >= 0.3 is 0 Å². The van der Waals surface area contributed by atoms with Crippen LogP contribution in [-0.4, -0.2) is 34.5 Å². The quantitative estimate of drug-likeness (QED) is 0.557. The van der Waals surface area contributed by atoms with Gasteiger partial charge in [-0.2, -0.15) is 4.21 Å². The van der Waals surface area contributed by atoms with Crippen LogP contribution in [0.1, 0.15) is 13.3 Å². The lowest BCUT2D eigenvalue weighted by molar-refractivity contribution is 0.267. The van der Waals surface area contributed by atoms with Gasteiger partial charge in [0.15, 0.2) is 0 Å². The largest absolute Gasteiger partial charge is 0.330 e. The highest BCUT2D eigenvalue weighted by Crippen LogP contribution is 1.91. The molecule has 0 aromatic heterocycles. The Hall–Kier alpha value is 0.500. The van der Waals surface area contributed by atoms with Gasteiger partial charge in [-0.15, -0.1) is 12.4 Å². The Kier molecular flexibility index (Phi) is 10.6. The van der Waals surface area contributed by atoms with Crippen molar-refractivity contribution in [1.82, 2.24) is 5.32 Å². The van der Waals surface area contributed by atoms with Gasteiger partial charge in [-0.1, -0.05) is 0 Å². The molecule has 5 nitrogen and oxygen atoms in total. The summed E-state index contributed by atoms with van der Waals surface area (Å²) in [7, 11) is -3.48. The molecule has 1 unspecified atom stereocenters. The molecule has 0 aromatic rings. The summed E-state index contributed by atoms with van der Waals surface area (Å²) in [5, 5.41) is 3.07. The van der Waals surface area contributed by atoms with Crippen molar-refractivity contribution in [3.63, 3.8) is 0 Å². The highest BCUT2D eigenvalue weighted by atomic mass is 35.5. The van der Waals surface area contributed by atoms with Crippen LogP contribution in [0.3, 0.4) is 0 Å². The number of nitrogens with one attached hydrogen (secondary N) is 1. The van der Waals surface area contributed by atoms with Crippen molar-refractivity contribution in [2.45, 2.75) is 19.4 Å². The van der Waals surface area contributed by atoms with Crippen LogP contribution in [0, 0.1) is 0 Å². The van der Waals surface area contributed by atoms with Crippen LogP contribution in [0.15, 0.2) is 0 Å². The van der Waals surface area contributed by atoms with Crippen molar-refractivity contribution in [2.75, 3.05) is 19.7 Å². The predicted molar refractivity (Wildman–Crippen MR) is 62.5 cm³/mol. The second kappa shape index (κ2) is 8.78. The molecule has 0 aliphatic heterocycles. The molecule has 14 heavy (non-hydrogen) atoms. The van der Waals surface area contributed by atoms with Gasteiger partial charge in [0, 0.05) is 17.2 Å². The summed E-state index contributed by atoms with van der Waals surface area (Å²) >= 11 is 4.15. The fourth-order valence-corrected chi connectivity index (χ4v) is 1.24. The maximum atomic E-state index is 10.5. The number of halogens is 1. The van der Waals surface area contributed by atoms with Gasteiger partial charge in [0.2, 0.25) is 0 Å². The lowest BCUT2D eigenvalue weighted by Crippen LogP contribution is -2.32. The summed E-state index contributed by atoms with van der Waals surface area (Å²) in [4.78, 5) is 0. The Morgan fingerprint density at radius 1 is 1.71 bits per heavy atom. The molecule has 2 atom stereocenters. The van der Waals surface area contributed by atoms with Gasteiger partial charge < -0.3 is 11.1 Å². The zero-order chi connectivity index (χ0) is 10.3. The van der Waals surface area contributed by atoms with E-state index in [1.807, 2.05) is 6.92 Å². The molecule has 0 spiro atoms. The minimum atomic E-state index is -3.48. The van der Waals surface area contributed by atoms with Gasteiger partial charge in [0.1, 0.15) is 0 Å². The van der Waals surface area contributed by atoms with E-state index in [1.165, 1.54) is 0 Å². The highest BCUT2D eigenvalue weighted by molar-refractivity contribution is 8.27. The van der Waals surface area contributed by atoms with Crippen molar-refractivity contribution in [2.24, 2.45) is 5.73 Å². The third-order valence-corrected chi connectivity index (χ3v) is 2.06. The smallest absolute Gasteiger partial charge is 0.266 e. The Morgan fingerprint density at radius 3 is 2.71 bits per heavy atom. The van der Waals surface area contributed by atoms with Crippen molar-refractivity contribution >= 4 is 32.6 Å². The van der Waals surface area contributed by atoms with Crippen LogP contribution in [0.2, 0.25) is 0 Å². The third-order valence-electron chi connectivity index (χ3n) is 1.34. The van der Waals surface area contributed by atoms with E-state index in [9.17, 15) is 4.21 Å². The van der Waals surface area contributed by atoms with Crippen LogP contribution in [-0.2, 0) is 24.4 Å². The number of hydrogen-bond acceptors (Lipinski definition) is 5. The molecule has 8 heteroatoms. The molecule has 0 heterocycles. The first-order valence-corrected chi connectivity index (χ1v) is 6.37. The summed E-state index contributed by atoms with van der Waals surface area (Å²) in [6.07, 6.45) is 0.868. The molecule has 0 bridgehead atoms. The fourth-order valence-electron chi connectivity index (χ4n) is 0.697. The monoisotopic (exact) mass is 264 g/mol. The molecule has 0 saturated heterocycles. The van der Waals surface area contributed by atoms with E-state index >= 15 is 0 Å². The van der Waals surface area contributed by atoms with Crippen molar-refractivity contribution in [3.8, 4) is 0 Å². The van der Waals surface area contributed by atoms with E-state index in [1.54, 1.807) is 0 Å². The second-order valence-electron chi connectivity index (χ2n) is 2.71. The fraction of sp³-hybridized carbons (Fsp3) is 1.00. The van der Waals surface area contributed by atoms with Crippen LogP contribution >= 0.6 is 12.4 Å². The summed E-state index contributed by atoms with van der Waals surface area (Å²) in [6.45, 7) is 3.36. The minimum absolute atomic E-state index is 0. The summed E-state index contributed by atoms with van der Waals surface area (Å²) in [6, 6.07) is 0.00229. The lowest BCUT2D eigenvalue weighted by Gasteiger charge is -2.12. The normalized spacial score (nSPS) is 16.8. The van der Waals surface area contributed by atoms with Gasteiger partial charge in [0.05, 0.1) is 6.61 Å². The van der Waals surface area contributed by atoms with E-state index in [-0.39, 0.29) is 25.1 Å². The molecule has 0 aliphatic rings. The number of nitrogens with two attached hydrogens (primary N) is 1. The maximum Gasteiger partial charge on any atom is 0.266 e. The SMILES string of the molecule is C[C@@H](COS(=O)(O)=S)NCCCN.Cl. The molecule has 0 aliphatic carbocycles. The number of rotatable bonds is 7. The molecule has 88 valence electrons. The summed E-state index contributed by atoms with van der Waals surface area (Å²) < 4.78 is 23.7. The van der Waals surface area contributed by atoms with E-state index in [0.29, 0.717) is 6.54 Å². The van der Waals surface area contributed by atoms with E-state index in [2.05, 4.69) is 20.7 Å². The van der Waals surface area contributed by atoms with Crippen LogP contribution < -0.4 is 11.1 Å². The first kappa shape index (κ1) is 16.9. The zero-order valence-corrected chi connectivity index (χ0v) is 10.4. The second-order valence-corrected chi connectivity index (χ2v) is 5.06. The third kappa shape index (κ3) is 12.5. The van der Waals surface area contributed by atoms with Crippen molar-refractivity contribution in [3.05, 3.63) is 0 Å². The Morgan fingerprint density at radius 2 is 2.29 bits per heavy atom. The van der Waals surface area contributed by atoms with E-state index < -0.39 is 9.05 Å². The van der Waals surface area contributed by atoms with Gasteiger partial charge in [-0.25, -0.2) is 0 Å². The Bertz CT molecular complexity index is 223. The van der Waals surface area contributed by atoms with Crippen molar-refractivity contribution < 1.29 is 12.9 Å². The molecular formula is C6H17ClN2O3S2. The summed E-state index contributed by atoms with van der Waals surface area (Å²) in [5.41, 5.74) is 5.28. The first-order valence-electron chi connectivity index (χ1n) is 4.01. The van der Waals surface area contributed by atoms with Crippen molar-refractivity contribution in [1.29, 1.82) is 0 Å². The average Bonchev–Trinajstić information content (AvgIpc) is 2.00. The molecule has 0 fully saturated rings. The van der Waals surface area contributed by atoms with E-state index in [0.717, 1.165) is 13.0 Å². The van der Waals surface area contributed by atoms with Gasteiger partial charge in [0.25, 0.3) is 9.05 Å². The molecule has 0 aromatic carbocycles. The average molecular weight is 265 g/mol. The molecule has 0 radical (unpaired) electrons. The number of hydrogen-bond donors (Lipinski definition) is 3. The Balaban J connectivity index is 0. The summed E-state index contributed by atoms with van der Waals surface area (Å²) in [5.74, 6) is 0. The predicted octanol–water partition coefficient (Wildman–Crippen LogP) is -0.114. The van der Waals surface area contributed by atoms with Crippen LogP contribution in [0.4, 0.5) is 0 Å². The lowest BCUT2D eigenvalue weighted by atomic mass is 10.3. The topological polar surface area (TPSA) is 84.6 Å². The molecule has 4 N–H and O–H groups in total. The minimum Gasteiger partial charge on any atom is -0.330 e. The van der Waals surface area contributed by atoms with Gasteiger partial charge in [-0.3, -0.25) is 8.74 Å². The van der Waals surface area contributed by atoms with Crippen LogP contribution in [0.5, 0.6) is 0 Å². The Labute approximate surface area is 95.9 Å². The van der Waals surface area contributed by atoms with Gasteiger partial charge in [-0.05, 0) is 26.4 Å². The maximum absolute atomic E-state index is 10.5. The zero-order valence-electron chi connectivity index (χ0n) is 7.97. The first-order chi connectivity index (χ1) is 5.95. The molecular weight excluding hydrogens is 248 g/mol. The molecule has 0 rings (SSSR count). The highest BCUT2D eigenvalue weighted by Gasteiger charge is 2.05. The molecule has 0 amide bonds. The molecule has 0 saturated carbocycles.